The summed E-state index contributed by atoms with van der Waals surface area (Å²) in [5.74, 6) is 0.376. The number of rotatable bonds is 1. The van der Waals surface area contributed by atoms with Gasteiger partial charge in [0.15, 0.2) is 5.12 Å². The van der Waals surface area contributed by atoms with Gasteiger partial charge in [0.2, 0.25) is 0 Å². The fourth-order valence-electron chi connectivity index (χ4n) is 2.54. The van der Waals surface area contributed by atoms with Gasteiger partial charge in [0.25, 0.3) is 0 Å². The van der Waals surface area contributed by atoms with E-state index in [1.807, 2.05) is 0 Å². The van der Waals surface area contributed by atoms with E-state index in [2.05, 4.69) is 16.0 Å². The summed E-state index contributed by atoms with van der Waals surface area (Å²) in [5, 5.41) is 8.53. The quantitative estimate of drug-likeness (QED) is 0.394. The van der Waals surface area contributed by atoms with Gasteiger partial charge in [-0.2, -0.15) is 0 Å². The van der Waals surface area contributed by atoms with Crippen LogP contribution in [0.2, 0.25) is 0 Å². The van der Waals surface area contributed by atoms with Gasteiger partial charge in [0.05, 0.1) is 0 Å². The molecule has 1 aliphatic heterocycles. The van der Waals surface area contributed by atoms with Crippen molar-refractivity contribution in [3.05, 3.63) is 0 Å². The minimum atomic E-state index is -0.672. The Kier molecular flexibility index (Phi) is 4.61. The van der Waals surface area contributed by atoms with Gasteiger partial charge in [-0.1, -0.05) is 60.5 Å². The maximum absolute atomic E-state index is 6.59. The van der Waals surface area contributed by atoms with Crippen LogP contribution in [0.15, 0.2) is 0 Å². The molecule has 0 aromatic heterocycles. The van der Waals surface area contributed by atoms with Crippen LogP contribution in [-0.4, -0.2) is 16.4 Å². The lowest BCUT2D eigenvalue weighted by atomic mass is 9.96. The predicted molar refractivity (Wildman–Crippen MR) is 68.5 cm³/mol. The van der Waals surface area contributed by atoms with E-state index in [4.69, 9.17) is 34.8 Å². The zero-order valence-corrected chi connectivity index (χ0v) is 11.4. The van der Waals surface area contributed by atoms with Gasteiger partial charge in [0, 0.05) is 5.92 Å². The summed E-state index contributed by atoms with van der Waals surface area (Å²) in [6, 6.07) is 0. The number of nitrogens with one attached hydrogen (secondary N) is 3. The number of hydrogen-bond donors (Lipinski definition) is 3. The van der Waals surface area contributed by atoms with Crippen molar-refractivity contribution in [2.45, 2.75) is 54.9 Å². The molecule has 1 saturated heterocycles. The maximum atomic E-state index is 6.59. The van der Waals surface area contributed by atoms with E-state index in [-0.39, 0.29) is 11.2 Å². The SMILES string of the molecule is ClC1NC(Cl)NC(Cl)(C2CCCCCC2)N1. The minimum Gasteiger partial charge on any atom is -0.261 e. The van der Waals surface area contributed by atoms with E-state index in [0.29, 0.717) is 5.92 Å². The Morgan fingerprint density at radius 3 is 1.88 bits per heavy atom. The van der Waals surface area contributed by atoms with Gasteiger partial charge in [0.1, 0.15) is 11.2 Å². The zero-order chi connectivity index (χ0) is 11.6. The van der Waals surface area contributed by atoms with E-state index in [9.17, 15) is 0 Å². The molecule has 0 amide bonds. The molecule has 3 nitrogen and oxygen atoms in total. The molecular weight excluding hydrogens is 268 g/mol. The van der Waals surface area contributed by atoms with Gasteiger partial charge in [-0.15, -0.1) is 0 Å². The van der Waals surface area contributed by atoms with Crippen LogP contribution in [0.1, 0.15) is 38.5 Å². The van der Waals surface area contributed by atoms with Crippen molar-refractivity contribution >= 4 is 34.8 Å². The molecule has 1 saturated carbocycles. The molecule has 1 aliphatic carbocycles. The second-order valence-electron chi connectivity index (χ2n) is 4.58. The number of hydrogen-bond acceptors (Lipinski definition) is 3. The third kappa shape index (κ3) is 3.15. The number of alkyl halides is 3. The molecule has 0 bridgehead atoms. The van der Waals surface area contributed by atoms with Crippen molar-refractivity contribution < 1.29 is 0 Å². The third-order valence-electron chi connectivity index (χ3n) is 3.38. The first-order valence-corrected chi connectivity index (χ1v) is 7.14. The molecule has 2 rings (SSSR count). The molecule has 0 aromatic carbocycles. The normalized spacial score (nSPS) is 42.9. The van der Waals surface area contributed by atoms with Gasteiger partial charge in [-0.25, -0.2) is 0 Å². The van der Waals surface area contributed by atoms with Crippen LogP contribution in [0.5, 0.6) is 0 Å². The summed E-state index contributed by atoms with van der Waals surface area (Å²) < 4.78 is 0. The molecular formula is C10H18Cl3N3. The molecule has 94 valence electrons. The molecule has 2 aliphatic rings. The lowest BCUT2D eigenvalue weighted by molar-refractivity contribution is 0.166. The van der Waals surface area contributed by atoms with E-state index in [0.717, 1.165) is 12.8 Å². The lowest BCUT2D eigenvalue weighted by Crippen LogP contribution is -2.71. The molecule has 6 heteroatoms. The minimum absolute atomic E-state index is 0.376. The average Bonchev–Trinajstić information content (AvgIpc) is 2.43. The second kappa shape index (κ2) is 5.59. The summed E-state index contributed by atoms with van der Waals surface area (Å²) in [4.78, 5) is 0. The van der Waals surface area contributed by atoms with Crippen molar-refractivity contribution in [2.75, 3.05) is 0 Å². The monoisotopic (exact) mass is 285 g/mol. The fourth-order valence-corrected chi connectivity index (χ4v) is 3.74. The third-order valence-corrected chi connectivity index (χ3v) is 4.38. The molecule has 2 unspecified atom stereocenters. The van der Waals surface area contributed by atoms with Gasteiger partial charge < -0.3 is 0 Å². The highest BCUT2D eigenvalue weighted by Gasteiger charge is 2.42. The van der Waals surface area contributed by atoms with Crippen molar-refractivity contribution in [3.63, 3.8) is 0 Å². The van der Waals surface area contributed by atoms with Crippen LogP contribution in [0.4, 0.5) is 0 Å². The predicted octanol–water partition coefficient (Wildman–Crippen LogP) is 2.68. The molecule has 0 spiro atoms. The molecule has 2 atom stereocenters. The Morgan fingerprint density at radius 2 is 1.38 bits per heavy atom. The summed E-state index contributed by atoms with van der Waals surface area (Å²) >= 11 is 18.6. The largest absolute Gasteiger partial charge is 0.261 e. The summed E-state index contributed by atoms with van der Waals surface area (Å²) in [6.45, 7) is 0. The molecule has 2 fully saturated rings. The summed E-state index contributed by atoms with van der Waals surface area (Å²) in [7, 11) is 0. The van der Waals surface area contributed by atoms with E-state index in [1.54, 1.807) is 0 Å². The molecule has 0 aromatic rings. The van der Waals surface area contributed by atoms with Crippen LogP contribution in [0.3, 0.4) is 0 Å². The van der Waals surface area contributed by atoms with Crippen LogP contribution in [0.25, 0.3) is 0 Å². The molecule has 3 N–H and O–H groups in total. The van der Waals surface area contributed by atoms with Gasteiger partial charge >= 0.3 is 0 Å². The summed E-state index contributed by atoms with van der Waals surface area (Å²) in [5.41, 5.74) is -0.769. The molecule has 1 heterocycles. The van der Waals surface area contributed by atoms with Crippen molar-refractivity contribution in [1.29, 1.82) is 0 Å². The maximum Gasteiger partial charge on any atom is 0.153 e. The van der Waals surface area contributed by atoms with Crippen LogP contribution in [-0.2, 0) is 0 Å². The first kappa shape index (κ1) is 13.2. The number of halogens is 3. The van der Waals surface area contributed by atoms with Gasteiger partial charge in [-0.3, -0.25) is 16.0 Å². The van der Waals surface area contributed by atoms with E-state index < -0.39 is 5.12 Å². The highest BCUT2D eigenvalue weighted by atomic mass is 35.5. The van der Waals surface area contributed by atoms with Crippen molar-refractivity contribution in [1.82, 2.24) is 16.0 Å². The summed E-state index contributed by atoms with van der Waals surface area (Å²) in [6.07, 6.45) is 7.31. The van der Waals surface area contributed by atoms with Crippen LogP contribution in [0, 0.1) is 5.92 Å². The van der Waals surface area contributed by atoms with E-state index in [1.165, 1.54) is 25.7 Å². The zero-order valence-electron chi connectivity index (χ0n) is 9.11. The topological polar surface area (TPSA) is 36.1 Å². The Balaban J connectivity index is 2.03. The fraction of sp³-hybridized carbons (Fsp3) is 1.00. The van der Waals surface area contributed by atoms with Crippen molar-refractivity contribution in [3.8, 4) is 0 Å². The smallest absolute Gasteiger partial charge is 0.153 e. The van der Waals surface area contributed by atoms with Gasteiger partial charge in [-0.05, 0) is 12.8 Å². The Labute approximate surface area is 112 Å². The van der Waals surface area contributed by atoms with E-state index >= 15 is 0 Å². The van der Waals surface area contributed by atoms with Crippen LogP contribution < -0.4 is 16.0 Å². The lowest BCUT2D eigenvalue weighted by Gasteiger charge is -2.44. The average molecular weight is 287 g/mol. The highest BCUT2D eigenvalue weighted by Crippen LogP contribution is 2.34. The first-order chi connectivity index (χ1) is 7.60. The van der Waals surface area contributed by atoms with Crippen molar-refractivity contribution in [2.24, 2.45) is 5.92 Å². The van der Waals surface area contributed by atoms with Crippen LogP contribution >= 0.6 is 34.8 Å². The molecule has 16 heavy (non-hydrogen) atoms. The standard InChI is InChI=1S/C10H18Cl3N3/c11-8-14-9(12)16-10(13,15-8)7-5-3-1-2-4-6-7/h7-9,14-16H,1-6H2. The first-order valence-electron chi connectivity index (χ1n) is 5.89. The Hall–Kier alpha value is 0.750. The Bertz CT molecular complexity index is 221. The highest BCUT2D eigenvalue weighted by molar-refractivity contribution is 6.27. The second-order valence-corrected chi connectivity index (χ2v) is 6.05. The Morgan fingerprint density at radius 1 is 0.875 bits per heavy atom. The molecule has 0 radical (unpaired) electrons.